The summed E-state index contributed by atoms with van der Waals surface area (Å²) in [6, 6.07) is 11.3. The van der Waals surface area contributed by atoms with Gasteiger partial charge < -0.3 is 4.74 Å². The molecule has 33 heavy (non-hydrogen) atoms. The zero-order valence-electron chi connectivity index (χ0n) is 18.6. The fourth-order valence-electron chi connectivity index (χ4n) is 5.21. The fourth-order valence-corrected chi connectivity index (χ4v) is 5.21. The number of anilines is 1. The summed E-state index contributed by atoms with van der Waals surface area (Å²) < 4.78 is 19.9. The molecule has 0 aliphatic carbocycles. The zero-order valence-corrected chi connectivity index (χ0v) is 18.6. The molecule has 2 fully saturated rings. The van der Waals surface area contributed by atoms with Crippen LogP contribution in [0.5, 0.6) is 0 Å². The third-order valence-corrected chi connectivity index (χ3v) is 6.60. The van der Waals surface area contributed by atoms with Gasteiger partial charge in [0, 0.05) is 17.2 Å². The van der Waals surface area contributed by atoms with Gasteiger partial charge in [-0.3, -0.25) is 24.5 Å². The number of amides is 2. The molecule has 0 aromatic heterocycles. The SMILES string of the molecule is CCCC1(C(=O)OC)NC(c2ccccc2F)C2C(=O)N(c3cccc(C(C)=O)c3)C(=O)C21. The highest BCUT2D eigenvalue weighted by molar-refractivity contribution is 6.24. The van der Waals surface area contributed by atoms with Gasteiger partial charge in [0.05, 0.1) is 24.6 Å². The van der Waals surface area contributed by atoms with Gasteiger partial charge in [0.2, 0.25) is 11.8 Å². The van der Waals surface area contributed by atoms with Gasteiger partial charge in [0.25, 0.3) is 0 Å². The van der Waals surface area contributed by atoms with E-state index >= 15 is 0 Å². The highest BCUT2D eigenvalue weighted by atomic mass is 19.1. The first-order valence-electron chi connectivity index (χ1n) is 10.9. The number of Topliss-reactive ketones (excluding diaryl/α,β-unsaturated/α-hetero) is 1. The van der Waals surface area contributed by atoms with E-state index in [0.29, 0.717) is 12.0 Å². The van der Waals surface area contributed by atoms with Gasteiger partial charge in [0.15, 0.2) is 5.78 Å². The van der Waals surface area contributed by atoms with Crippen molar-refractivity contribution in [1.29, 1.82) is 0 Å². The first-order chi connectivity index (χ1) is 15.8. The van der Waals surface area contributed by atoms with Gasteiger partial charge in [-0.15, -0.1) is 0 Å². The Morgan fingerprint density at radius 3 is 2.48 bits per heavy atom. The number of carbonyl (C=O) groups is 4. The lowest BCUT2D eigenvalue weighted by Crippen LogP contribution is -2.56. The minimum Gasteiger partial charge on any atom is -0.468 e. The lowest BCUT2D eigenvalue weighted by Gasteiger charge is -2.32. The van der Waals surface area contributed by atoms with E-state index in [0.717, 1.165) is 4.90 Å². The molecule has 1 N–H and O–H groups in total. The van der Waals surface area contributed by atoms with E-state index in [4.69, 9.17) is 4.74 Å². The quantitative estimate of drug-likeness (QED) is 0.411. The first-order valence-corrected chi connectivity index (χ1v) is 10.9. The molecule has 2 heterocycles. The van der Waals surface area contributed by atoms with E-state index in [1.807, 2.05) is 6.92 Å². The second-order valence-corrected chi connectivity index (χ2v) is 8.48. The van der Waals surface area contributed by atoms with Gasteiger partial charge in [-0.1, -0.05) is 43.7 Å². The molecule has 0 saturated carbocycles. The maximum atomic E-state index is 14.8. The Bertz CT molecular complexity index is 1150. The van der Waals surface area contributed by atoms with Gasteiger partial charge in [-0.2, -0.15) is 0 Å². The van der Waals surface area contributed by atoms with Crippen LogP contribution in [-0.2, 0) is 19.1 Å². The molecule has 2 aromatic carbocycles. The number of nitrogens with zero attached hydrogens (tertiary/aromatic N) is 1. The maximum absolute atomic E-state index is 14.8. The predicted molar refractivity (Wildman–Crippen MR) is 118 cm³/mol. The Balaban J connectivity index is 1.88. The summed E-state index contributed by atoms with van der Waals surface area (Å²) in [6.07, 6.45) is 0.753. The van der Waals surface area contributed by atoms with E-state index in [2.05, 4.69) is 5.32 Å². The molecule has 4 rings (SSSR count). The third-order valence-electron chi connectivity index (χ3n) is 6.60. The Hall–Kier alpha value is -3.39. The number of ketones is 1. The number of fused-ring (bicyclic) bond motifs is 1. The molecule has 2 aromatic rings. The van der Waals surface area contributed by atoms with Crippen LogP contribution in [0.1, 0.15) is 48.7 Å². The van der Waals surface area contributed by atoms with Crippen molar-refractivity contribution < 1.29 is 28.3 Å². The second kappa shape index (κ2) is 8.51. The van der Waals surface area contributed by atoms with Crippen molar-refractivity contribution in [3.8, 4) is 0 Å². The van der Waals surface area contributed by atoms with Crippen molar-refractivity contribution in [1.82, 2.24) is 5.32 Å². The first kappa shape index (κ1) is 22.8. The summed E-state index contributed by atoms with van der Waals surface area (Å²) in [6.45, 7) is 3.25. The average Bonchev–Trinajstić information content (AvgIpc) is 3.28. The number of ether oxygens (including phenoxy) is 1. The molecule has 8 heteroatoms. The molecular formula is C25H25FN2O5. The number of esters is 1. The highest BCUT2D eigenvalue weighted by Crippen LogP contribution is 2.52. The number of hydrogen-bond acceptors (Lipinski definition) is 6. The topological polar surface area (TPSA) is 92.8 Å². The normalized spacial score (nSPS) is 26.4. The van der Waals surface area contributed by atoms with Crippen LogP contribution in [0.2, 0.25) is 0 Å². The molecule has 4 unspecified atom stereocenters. The minimum absolute atomic E-state index is 0.204. The molecule has 2 aliphatic heterocycles. The highest BCUT2D eigenvalue weighted by Gasteiger charge is 2.68. The molecule has 0 spiro atoms. The standard InChI is InChI=1S/C25H25FN2O5/c1-4-12-25(24(32)33-3)20-19(21(27-25)17-10-5-6-11-18(17)26)22(30)28(23(20)31)16-9-7-8-15(13-16)14(2)29/h5-11,13,19-21,27H,4,12H2,1-3H3. The number of hydrogen-bond donors (Lipinski definition) is 1. The van der Waals surface area contributed by atoms with E-state index in [-0.39, 0.29) is 23.5 Å². The number of nitrogens with one attached hydrogen (secondary N) is 1. The number of rotatable bonds is 6. The van der Waals surface area contributed by atoms with Crippen molar-refractivity contribution in [2.45, 2.75) is 38.3 Å². The predicted octanol–water partition coefficient (Wildman–Crippen LogP) is 3.19. The minimum atomic E-state index is -1.49. The number of benzene rings is 2. The van der Waals surface area contributed by atoms with Gasteiger partial charge >= 0.3 is 5.97 Å². The van der Waals surface area contributed by atoms with Crippen molar-refractivity contribution in [3.05, 3.63) is 65.5 Å². The molecule has 172 valence electrons. The summed E-state index contributed by atoms with van der Waals surface area (Å²) in [5, 5.41) is 3.14. The van der Waals surface area contributed by atoms with Crippen LogP contribution < -0.4 is 10.2 Å². The lowest BCUT2D eigenvalue weighted by molar-refractivity contribution is -0.152. The average molecular weight is 452 g/mol. The molecule has 0 radical (unpaired) electrons. The molecule has 0 bridgehead atoms. The number of carbonyl (C=O) groups excluding carboxylic acids is 4. The summed E-state index contributed by atoms with van der Waals surface area (Å²) in [5.74, 6) is -4.63. The zero-order chi connectivity index (χ0) is 23.9. The molecule has 4 atom stereocenters. The molecular weight excluding hydrogens is 427 g/mol. The Morgan fingerprint density at radius 2 is 1.85 bits per heavy atom. The number of methoxy groups -OCH3 is 1. The largest absolute Gasteiger partial charge is 0.468 e. The van der Waals surface area contributed by atoms with Crippen LogP contribution in [0.15, 0.2) is 48.5 Å². The van der Waals surface area contributed by atoms with Crippen molar-refractivity contribution in [3.63, 3.8) is 0 Å². The van der Waals surface area contributed by atoms with Crippen molar-refractivity contribution >= 4 is 29.3 Å². The van der Waals surface area contributed by atoms with E-state index in [1.54, 1.807) is 30.3 Å². The molecule has 2 amide bonds. The monoisotopic (exact) mass is 452 g/mol. The van der Waals surface area contributed by atoms with Gasteiger partial charge in [0.1, 0.15) is 11.4 Å². The summed E-state index contributed by atoms with van der Waals surface area (Å²) in [5.41, 5.74) is -0.688. The second-order valence-electron chi connectivity index (χ2n) is 8.48. The smallest absolute Gasteiger partial charge is 0.326 e. The van der Waals surface area contributed by atoms with E-state index < -0.39 is 47.0 Å². The van der Waals surface area contributed by atoms with Gasteiger partial charge in [-0.25, -0.2) is 9.29 Å². The van der Waals surface area contributed by atoms with Crippen LogP contribution >= 0.6 is 0 Å². The van der Waals surface area contributed by atoms with Gasteiger partial charge in [-0.05, 0) is 31.5 Å². The van der Waals surface area contributed by atoms with Crippen LogP contribution in [0.4, 0.5) is 10.1 Å². The maximum Gasteiger partial charge on any atom is 0.326 e. The van der Waals surface area contributed by atoms with Crippen molar-refractivity contribution in [2.75, 3.05) is 12.0 Å². The summed E-state index contributed by atoms with van der Waals surface area (Å²) >= 11 is 0. The molecule has 2 aliphatic rings. The Kier molecular flexibility index (Phi) is 5.88. The van der Waals surface area contributed by atoms with E-state index in [1.165, 1.54) is 32.2 Å². The van der Waals surface area contributed by atoms with E-state index in [9.17, 15) is 23.6 Å². The van der Waals surface area contributed by atoms with Crippen LogP contribution in [-0.4, -0.2) is 36.2 Å². The number of halogens is 1. The molecule has 2 saturated heterocycles. The number of imide groups is 1. The van der Waals surface area contributed by atoms with Crippen LogP contribution in [0.3, 0.4) is 0 Å². The molecule has 7 nitrogen and oxygen atoms in total. The Labute approximate surface area is 190 Å². The third kappa shape index (κ3) is 3.45. The van der Waals surface area contributed by atoms with Crippen molar-refractivity contribution in [2.24, 2.45) is 11.8 Å². The summed E-state index contributed by atoms with van der Waals surface area (Å²) in [4.78, 5) is 53.4. The van der Waals surface area contributed by atoms with Crippen LogP contribution in [0, 0.1) is 17.7 Å². The van der Waals surface area contributed by atoms with Crippen LogP contribution in [0.25, 0.3) is 0 Å². The fraction of sp³-hybridized carbons (Fsp3) is 0.360. The Morgan fingerprint density at radius 1 is 1.12 bits per heavy atom. The summed E-state index contributed by atoms with van der Waals surface area (Å²) in [7, 11) is 1.22. The lowest BCUT2D eigenvalue weighted by atomic mass is 9.77.